The van der Waals surface area contributed by atoms with Crippen molar-refractivity contribution < 1.29 is 9.59 Å². The minimum Gasteiger partial charge on any atom is -0.352 e. The van der Waals surface area contributed by atoms with Gasteiger partial charge in [0.15, 0.2) is 0 Å². The number of nitrogens with zero attached hydrogens (tertiary/aromatic N) is 1. The molecule has 0 unspecified atom stereocenters. The summed E-state index contributed by atoms with van der Waals surface area (Å²) in [5.74, 6) is -0.345. The van der Waals surface area contributed by atoms with Crippen molar-refractivity contribution in [1.29, 1.82) is 0 Å². The maximum absolute atomic E-state index is 12.2. The first-order valence-corrected chi connectivity index (χ1v) is 8.26. The lowest BCUT2D eigenvalue weighted by Gasteiger charge is -2.08. The van der Waals surface area contributed by atoms with Gasteiger partial charge < -0.3 is 10.6 Å². The summed E-state index contributed by atoms with van der Waals surface area (Å²) in [4.78, 5) is 28.3. The summed E-state index contributed by atoms with van der Waals surface area (Å²) in [6.45, 7) is 3.20. The van der Waals surface area contributed by atoms with Crippen LogP contribution in [0.1, 0.15) is 52.5 Å². The third-order valence-electron chi connectivity index (χ3n) is 3.66. The summed E-state index contributed by atoms with van der Waals surface area (Å²) < 4.78 is 0. The fraction of sp³-hybridized carbons (Fsp3) is 0.316. The largest absolute Gasteiger partial charge is 0.352 e. The first-order valence-electron chi connectivity index (χ1n) is 8.26. The lowest BCUT2D eigenvalue weighted by atomic mass is 10.1. The van der Waals surface area contributed by atoms with Crippen molar-refractivity contribution in [3.8, 4) is 0 Å². The molecule has 1 aromatic carbocycles. The molecule has 0 saturated carbocycles. The molecule has 0 bridgehead atoms. The maximum Gasteiger partial charge on any atom is 0.251 e. The zero-order chi connectivity index (χ0) is 17.2. The van der Waals surface area contributed by atoms with E-state index >= 15 is 0 Å². The highest BCUT2D eigenvalue weighted by molar-refractivity contribution is 5.99. The summed E-state index contributed by atoms with van der Waals surface area (Å²) in [6, 6.07) is 10.5. The Hall–Kier alpha value is -2.69. The molecule has 5 heteroatoms. The second-order valence-corrected chi connectivity index (χ2v) is 5.58. The van der Waals surface area contributed by atoms with Crippen molar-refractivity contribution >= 4 is 11.8 Å². The fourth-order valence-corrected chi connectivity index (χ4v) is 2.27. The summed E-state index contributed by atoms with van der Waals surface area (Å²) in [6.07, 6.45) is 6.55. The van der Waals surface area contributed by atoms with E-state index in [4.69, 9.17) is 0 Å². The first kappa shape index (κ1) is 17.7. The normalized spacial score (nSPS) is 10.2. The van der Waals surface area contributed by atoms with E-state index in [0.29, 0.717) is 24.2 Å². The van der Waals surface area contributed by atoms with Crippen molar-refractivity contribution in [3.05, 3.63) is 65.5 Å². The highest BCUT2D eigenvalue weighted by Gasteiger charge is 2.10. The Bertz CT molecular complexity index is 671. The van der Waals surface area contributed by atoms with Gasteiger partial charge in [-0.2, -0.15) is 0 Å². The Kier molecular flexibility index (Phi) is 6.95. The topological polar surface area (TPSA) is 71.1 Å². The molecule has 0 fully saturated rings. The quantitative estimate of drug-likeness (QED) is 0.733. The van der Waals surface area contributed by atoms with E-state index in [1.165, 1.54) is 0 Å². The number of nitrogens with one attached hydrogen (secondary N) is 2. The molecule has 126 valence electrons. The molecule has 0 aliphatic rings. The van der Waals surface area contributed by atoms with Crippen LogP contribution < -0.4 is 10.6 Å². The van der Waals surface area contributed by atoms with E-state index in [9.17, 15) is 9.59 Å². The Morgan fingerprint density at radius 3 is 2.29 bits per heavy atom. The molecule has 2 N–H and O–H groups in total. The second kappa shape index (κ2) is 9.45. The number of carbonyl (C=O) groups excluding carboxylic acids is 2. The number of benzene rings is 1. The van der Waals surface area contributed by atoms with Crippen LogP contribution in [-0.2, 0) is 6.54 Å². The number of hydrogen-bond acceptors (Lipinski definition) is 3. The summed E-state index contributed by atoms with van der Waals surface area (Å²) in [7, 11) is 0. The summed E-state index contributed by atoms with van der Waals surface area (Å²) in [5.41, 5.74) is 1.96. The predicted molar refractivity (Wildman–Crippen MR) is 93.7 cm³/mol. The zero-order valence-electron chi connectivity index (χ0n) is 13.9. The Morgan fingerprint density at radius 2 is 1.62 bits per heavy atom. The number of carbonyl (C=O) groups is 2. The van der Waals surface area contributed by atoms with Gasteiger partial charge in [-0.1, -0.05) is 25.8 Å². The molecule has 0 aliphatic heterocycles. The number of amides is 2. The minimum atomic E-state index is -0.201. The molecule has 2 amide bonds. The van der Waals surface area contributed by atoms with Gasteiger partial charge in [0.1, 0.15) is 0 Å². The van der Waals surface area contributed by atoms with Crippen molar-refractivity contribution in [2.75, 3.05) is 6.54 Å². The highest BCUT2D eigenvalue weighted by atomic mass is 16.2. The Labute approximate surface area is 142 Å². The average molecular weight is 325 g/mol. The van der Waals surface area contributed by atoms with Crippen LogP contribution in [0.2, 0.25) is 0 Å². The van der Waals surface area contributed by atoms with Gasteiger partial charge in [-0.25, -0.2) is 0 Å². The first-order chi connectivity index (χ1) is 11.7. The SMILES string of the molecule is CCCCCNC(=O)c1cccc(C(=O)NCc2ccncc2)c1. The van der Waals surface area contributed by atoms with Crippen LogP contribution in [0.3, 0.4) is 0 Å². The van der Waals surface area contributed by atoms with Crippen molar-refractivity contribution in [2.45, 2.75) is 32.7 Å². The van der Waals surface area contributed by atoms with E-state index in [1.807, 2.05) is 12.1 Å². The van der Waals surface area contributed by atoms with Crippen molar-refractivity contribution in [1.82, 2.24) is 15.6 Å². The lowest BCUT2D eigenvalue weighted by Crippen LogP contribution is -2.26. The van der Waals surface area contributed by atoms with E-state index in [0.717, 1.165) is 24.8 Å². The average Bonchev–Trinajstić information content (AvgIpc) is 2.64. The van der Waals surface area contributed by atoms with Crippen LogP contribution in [0.25, 0.3) is 0 Å². The predicted octanol–water partition coefficient (Wildman–Crippen LogP) is 2.93. The maximum atomic E-state index is 12.2. The molecule has 0 radical (unpaired) electrons. The van der Waals surface area contributed by atoms with Crippen LogP contribution in [0.15, 0.2) is 48.8 Å². The fourth-order valence-electron chi connectivity index (χ4n) is 2.27. The summed E-state index contributed by atoms with van der Waals surface area (Å²) >= 11 is 0. The van der Waals surface area contributed by atoms with Crippen molar-refractivity contribution in [2.24, 2.45) is 0 Å². The van der Waals surface area contributed by atoms with Gasteiger partial charge in [0, 0.05) is 36.6 Å². The Balaban J connectivity index is 1.91. The third-order valence-corrected chi connectivity index (χ3v) is 3.66. The van der Waals surface area contributed by atoms with Crippen LogP contribution in [0.5, 0.6) is 0 Å². The minimum absolute atomic E-state index is 0.144. The molecule has 1 aromatic heterocycles. The van der Waals surface area contributed by atoms with E-state index < -0.39 is 0 Å². The molecule has 0 saturated heterocycles. The van der Waals surface area contributed by atoms with Gasteiger partial charge in [-0.15, -0.1) is 0 Å². The molecular formula is C19H23N3O2. The monoisotopic (exact) mass is 325 g/mol. The lowest BCUT2D eigenvalue weighted by molar-refractivity contribution is 0.0950. The summed E-state index contributed by atoms with van der Waals surface area (Å²) in [5, 5.41) is 5.72. The zero-order valence-corrected chi connectivity index (χ0v) is 13.9. The van der Waals surface area contributed by atoms with Gasteiger partial charge >= 0.3 is 0 Å². The second-order valence-electron chi connectivity index (χ2n) is 5.58. The number of aromatic nitrogens is 1. The van der Waals surface area contributed by atoms with E-state index in [2.05, 4.69) is 22.5 Å². The smallest absolute Gasteiger partial charge is 0.251 e. The standard InChI is InChI=1S/C19H23N3O2/c1-2-3-4-10-21-18(23)16-6-5-7-17(13-16)19(24)22-14-15-8-11-20-12-9-15/h5-9,11-13H,2-4,10,14H2,1H3,(H,21,23)(H,22,24). The van der Waals surface area contributed by atoms with Gasteiger partial charge in [-0.3, -0.25) is 14.6 Å². The molecule has 5 nitrogen and oxygen atoms in total. The van der Waals surface area contributed by atoms with Crippen LogP contribution in [-0.4, -0.2) is 23.3 Å². The molecule has 0 spiro atoms. The van der Waals surface area contributed by atoms with E-state index in [1.54, 1.807) is 36.7 Å². The van der Waals surface area contributed by atoms with Crippen LogP contribution >= 0.6 is 0 Å². The third kappa shape index (κ3) is 5.50. The highest BCUT2D eigenvalue weighted by Crippen LogP contribution is 2.06. The molecule has 0 aliphatic carbocycles. The molecule has 2 aromatic rings. The molecule has 2 rings (SSSR count). The van der Waals surface area contributed by atoms with Gasteiger partial charge in [0.05, 0.1) is 0 Å². The number of pyridine rings is 1. The van der Waals surface area contributed by atoms with Crippen molar-refractivity contribution in [3.63, 3.8) is 0 Å². The number of rotatable bonds is 8. The van der Waals surface area contributed by atoms with Gasteiger partial charge in [0.25, 0.3) is 11.8 Å². The van der Waals surface area contributed by atoms with E-state index in [-0.39, 0.29) is 11.8 Å². The number of unbranched alkanes of at least 4 members (excludes halogenated alkanes) is 2. The van der Waals surface area contributed by atoms with Gasteiger partial charge in [0.2, 0.25) is 0 Å². The Morgan fingerprint density at radius 1 is 0.958 bits per heavy atom. The van der Waals surface area contributed by atoms with Crippen LogP contribution in [0.4, 0.5) is 0 Å². The molecule has 24 heavy (non-hydrogen) atoms. The molecular weight excluding hydrogens is 302 g/mol. The molecule has 1 heterocycles. The number of hydrogen-bond donors (Lipinski definition) is 2. The van der Waals surface area contributed by atoms with Gasteiger partial charge in [-0.05, 0) is 42.3 Å². The van der Waals surface area contributed by atoms with Crippen LogP contribution in [0, 0.1) is 0 Å². The molecule has 0 atom stereocenters.